The van der Waals surface area contributed by atoms with Gasteiger partial charge in [0.1, 0.15) is 0 Å². The van der Waals surface area contributed by atoms with Crippen molar-refractivity contribution in [1.82, 2.24) is 5.32 Å². The molecule has 0 aromatic rings. The van der Waals surface area contributed by atoms with Crippen molar-refractivity contribution in [1.29, 1.82) is 10.8 Å². The summed E-state index contributed by atoms with van der Waals surface area (Å²) < 4.78 is 0. The van der Waals surface area contributed by atoms with Gasteiger partial charge in [-0.1, -0.05) is 0 Å². The summed E-state index contributed by atoms with van der Waals surface area (Å²) in [5.74, 6) is 0. The van der Waals surface area contributed by atoms with Crippen molar-refractivity contribution >= 4 is 12.4 Å². The Kier molecular flexibility index (Phi) is 4.63. The zero-order valence-corrected chi connectivity index (χ0v) is 5.44. The van der Waals surface area contributed by atoms with Gasteiger partial charge in [0.25, 0.3) is 0 Å². The first-order valence-corrected chi connectivity index (χ1v) is 2.70. The lowest BCUT2D eigenvalue weighted by Gasteiger charge is -1.94. The molecule has 0 spiro atoms. The van der Waals surface area contributed by atoms with Gasteiger partial charge in [0.05, 0.1) is 0 Å². The van der Waals surface area contributed by atoms with Crippen LogP contribution in [0, 0.1) is 10.8 Å². The fraction of sp³-hybridized carbons (Fsp3) is 0.333. The van der Waals surface area contributed by atoms with E-state index in [4.69, 9.17) is 10.8 Å². The van der Waals surface area contributed by atoms with Crippen molar-refractivity contribution in [3.63, 3.8) is 0 Å². The molecule has 0 saturated carbocycles. The molecule has 0 unspecified atom stereocenters. The van der Waals surface area contributed by atoms with Crippen LogP contribution in [0.2, 0.25) is 0 Å². The molecule has 0 aromatic heterocycles. The lowest BCUT2D eigenvalue weighted by Crippen LogP contribution is -2.10. The summed E-state index contributed by atoms with van der Waals surface area (Å²) >= 11 is 0. The van der Waals surface area contributed by atoms with E-state index in [0.717, 1.165) is 5.57 Å². The molecule has 0 radical (unpaired) electrons. The number of allylic oxidation sites excluding steroid dienone is 1. The molecule has 0 aliphatic carbocycles. The fourth-order valence-electron chi connectivity index (χ4n) is 0.469. The second-order valence-electron chi connectivity index (χ2n) is 1.58. The van der Waals surface area contributed by atoms with Crippen LogP contribution in [0.4, 0.5) is 0 Å². The normalized spacial score (nSPS) is 11.0. The van der Waals surface area contributed by atoms with Gasteiger partial charge in [0, 0.05) is 19.0 Å². The average Bonchev–Trinajstić information content (AvgIpc) is 1.88. The highest BCUT2D eigenvalue weighted by Gasteiger charge is 1.85. The Balaban J connectivity index is 3.80. The quantitative estimate of drug-likeness (QED) is 0.469. The van der Waals surface area contributed by atoms with E-state index in [1.54, 1.807) is 13.1 Å². The average molecular weight is 125 g/mol. The molecule has 0 heterocycles. The Labute approximate surface area is 54.8 Å². The molecule has 3 nitrogen and oxygen atoms in total. The van der Waals surface area contributed by atoms with Crippen LogP contribution >= 0.6 is 0 Å². The molecule has 9 heavy (non-hydrogen) atoms. The predicted molar refractivity (Wildman–Crippen MR) is 39.6 cm³/mol. The van der Waals surface area contributed by atoms with Gasteiger partial charge in [-0.2, -0.15) is 0 Å². The fourth-order valence-corrected chi connectivity index (χ4v) is 0.469. The van der Waals surface area contributed by atoms with E-state index in [9.17, 15) is 0 Å². The first-order valence-electron chi connectivity index (χ1n) is 2.70. The van der Waals surface area contributed by atoms with Crippen LogP contribution < -0.4 is 5.32 Å². The molecular formula is C6H11N3. The van der Waals surface area contributed by atoms with Crippen LogP contribution in [0.1, 0.15) is 0 Å². The number of likely N-dealkylation sites (N-methyl/N-ethyl adjacent to an activating group) is 1. The molecule has 0 aromatic carbocycles. The topological polar surface area (TPSA) is 59.7 Å². The molecule has 0 aliphatic heterocycles. The van der Waals surface area contributed by atoms with Crippen LogP contribution in [-0.4, -0.2) is 26.0 Å². The molecule has 0 aliphatic rings. The Hall–Kier alpha value is -0.960. The highest BCUT2D eigenvalue weighted by Crippen LogP contribution is 1.82. The second-order valence-corrected chi connectivity index (χ2v) is 1.58. The monoisotopic (exact) mass is 125 g/mol. The third-order valence-electron chi connectivity index (χ3n) is 0.864. The zero-order chi connectivity index (χ0) is 7.11. The van der Waals surface area contributed by atoms with E-state index in [2.05, 4.69) is 5.32 Å². The van der Waals surface area contributed by atoms with E-state index in [-0.39, 0.29) is 0 Å². The Morgan fingerprint density at radius 1 is 1.56 bits per heavy atom. The number of hydrogen-bond acceptors (Lipinski definition) is 3. The van der Waals surface area contributed by atoms with Gasteiger partial charge in [-0.3, -0.25) is 0 Å². The lowest BCUT2D eigenvalue weighted by atomic mass is 10.3. The zero-order valence-electron chi connectivity index (χ0n) is 5.44. The minimum Gasteiger partial charge on any atom is -0.316 e. The van der Waals surface area contributed by atoms with E-state index in [0.29, 0.717) is 6.54 Å². The smallest absolute Gasteiger partial charge is 0.0223 e. The highest BCUT2D eigenvalue weighted by molar-refractivity contribution is 5.84. The number of rotatable bonds is 4. The van der Waals surface area contributed by atoms with Crippen molar-refractivity contribution in [2.45, 2.75) is 0 Å². The Bertz CT molecular complexity index is 126. The van der Waals surface area contributed by atoms with Crippen LogP contribution in [-0.2, 0) is 0 Å². The maximum Gasteiger partial charge on any atom is 0.0223 e. The van der Waals surface area contributed by atoms with E-state index >= 15 is 0 Å². The summed E-state index contributed by atoms with van der Waals surface area (Å²) in [5.41, 5.74) is 0.813. The number of hydrogen-bond donors (Lipinski definition) is 3. The van der Waals surface area contributed by atoms with Gasteiger partial charge < -0.3 is 16.1 Å². The first-order chi connectivity index (χ1) is 4.35. The summed E-state index contributed by atoms with van der Waals surface area (Å²) in [5, 5.41) is 16.4. The van der Waals surface area contributed by atoms with Crippen molar-refractivity contribution < 1.29 is 0 Å². The molecule has 3 N–H and O–H groups in total. The van der Waals surface area contributed by atoms with Crippen molar-refractivity contribution in [3.8, 4) is 0 Å². The van der Waals surface area contributed by atoms with E-state index in [1.807, 2.05) is 0 Å². The van der Waals surface area contributed by atoms with Crippen LogP contribution in [0.3, 0.4) is 0 Å². The Morgan fingerprint density at radius 3 is 2.56 bits per heavy atom. The molecule has 0 saturated heterocycles. The predicted octanol–water partition coefficient (Wildman–Crippen LogP) is 0.431. The first kappa shape index (κ1) is 8.04. The summed E-state index contributed by atoms with van der Waals surface area (Å²) in [6.45, 7) is 0.652. The van der Waals surface area contributed by atoms with Gasteiger partial charge in [-0.05, 0) is 18.7 Å². The third-order valence-corrected chi connectivity index (χ3v) is 0.864. The maximum atomic E-state index is 6.83. The lowest BCUT2D eigenvalue weighted by molar-refractivity contribution is 0.905. The van der Waals surface area contributed by atoms with E-state index in [1.165, 1.54) is 12.4 Å². The molecule has 50 valence electrons. The SMILES string of the molecule is CNC/C(C=N)=C/C=N. The molecule has 0 rings (SSSR count). The van der Waals surface area contributed by atoms with E-state index < -0.39 is 0 Å². The highest BCUT2D eigenvalue weighted by atomic mass is 14.8. The molecule has 3 heteroatoms. The van der Waals surface area contributed by atoms with Crippen LogP contribution in [0.15, 0.2) is 11.6 Å². The third kappa shape index (κ3) is 3.61. The van der Waals surface area contributed by atoms with Crippen molar-refractivity contribution in [2.75, 3.05) is 13.6 Å². The minimum absolute atomic E-state index is 0.652. The maximum absolute atomic E-state index is 6.83. The summed E-state index contributed by atoms with van der Waals surface area (Å²) in [6.07, 6.45) is 4.00. The van der Waals surface area contributed by atoms with Gasteiger partial charge in [0.2, 0.25) is 0 Å². The minimum atomic E-state index is 0.652. The van der Waals surface area contributed by atoms with Gasteiger partial charge in [-0.15, -0.1) is 0 Å². The molecule has 0 fully saturated rings. The van der Waals surface area contributed by atoms with Gasteiger partial charge in [0.15, 0.2) is 0 Å². The summed E-state index contributed by atoms with van der Waals surface area (Å²) in [4.78, 5) is 0. The molecule has 0 atom stereocenters. The van der Waals surface area contributed by atoms with Crippen LogP contribution in [0.5, 0.6) is 0 Å². The number of nitrogens with one attached hydrogen (secondary N) is 3. The summed E-state index contributed by atoms with van der Waals surface area (Å²) in [6, 6.07) is 0. The standard InChI is InChI=1S/C6H11N3/c1-9-5-6(4-8)2-3-7/h2-4,7-9H,5H2,1H3/b6-2+,7-3?,8-4?. The molecular weight excluding hydrogens is 114 g/mol. The van der Waals surface area contributed by atoms with Crippen molar-refractivity contribution in [3.05, 3.63) is 11.6 Å². The van der Waals surface area contributed by atoms with Gasteiger partial charge >= 0.3 is 0 Å². The van der Waals surface area contributed by atoms with Crippen LogP contribution in [0.25, 0.3) is 0 Å². The molecule has 0 bridgehead atoms. The van der Waals surface area contributed by atoms with Crippen molar-refractivity contribution in [2.24, 2.45) is 0 Å². The van der Waals surface area contributed by atoms with Gasteiger partial charge in [-0.25, -0.2) is 0 Å². The Morgan fingerprint density at radius 2 is 2.22 bits per heavy atom. The molecule has 0 amide bonds. The largest absolute Gasteiger partial charge is 0.316 e. The second kappa shape index (κ2) is 5.18. The summed E-state index contributed by atoms with van der Waals surface area (Å²) in [7, 11) is 1.81.